The van der Waals surface area contributed by atoms with Gasteiger partial charge in [-0.05, 0) is 23.8 Å². The lowest BCUT2D eigenvalue weighted by molar-refractivity contribution is -0.137. The standard InChI is InChI=1S/C14H11F3N2O2/c1-19-9-12(8-18-19)21-13(20)7-4-10-2-5-11(6-3-10)14(15,16)17/h2-9H,1H3. The number of hydrogen-bond acceptors (Lipinski definition) is 3. The van der Waals surface area contributed by atoms with Gasteiger partial charge < -0.3 is 4.74 Å². The number of carbonyl (C=O) groups is 1. The van der Waals surface area contributed by atoms with E-state index in [1.165, 1.54) is 35.3 Å². The number of halogens is 3. The van der Waals surface area contributed by atoms with Gasteiger partial charge in [-0.1, -0.05) is 12.1 Å². The summed E-state index contributed by atoms with van der Waals surface area (Å²) >= 11 is 0. The monoisotopic (exact) mass is 296 g/mol. The van der Waals surface area contributed by atoms with E-state index < -0.39 is 17.7 Å². The van der Waals surface area contributed by atoms with Gasteiger partial charge in [0.05, 0.1) is 18.0 Å². The summed E-state index contributed by atoms with van der Waals surface area (Å²) in [6.45, 7) is 0. The average molecular weight is 296 g/mol. The molecule has 0 unspecified atom stereocenters. The molecule has 0 bridgehead atoms. The third kappa shape index (κ3) is 4.20. The molecule has 2 rings (SSSR count). The number of nitrogens with zero attached hydrogens (tertiary/aromatic N) is 2. The molecule has 110 valence electrons. The summed E-state index contributed by atoms with van der Waals surface area (Å²) < 4.78 is 43.6. The quantitative estimate of drug-likeness (QED) is 0.646. The Morgan fingerprint density at radius 2 is 1.95 bits per heavy atom. The number of aryl methyl sites for hydroxylation is 1. The van der Waals surface area contributed by atoms with Crippen LogP contribution in [0, 0.1) is 0 Å². The molecule has 0 aliphatic rings. The molecule has 0 spiro atoms. The van der Waals surface area contributed by atoms with E-state index in [4.69, 9.17) is 4.74 Å². The molecule has 1 aromatic heterocycles. The van der Waals surface area contributed by atoms with Crippen molar-refractivity contribution in [2.75, 3.05) is 0 Å². The molecule has 1 aromatic carbocycles. The minimum Gasteiger partial charge on any atom is -0.420 e. The summed E-state index contributed by atoms with van der Waals surface area (Å²) in [5, 5.41) is 3.83. The highest BCUT2D eigenvalue weighted by Gasteiger charge is 2.29. The Morgan fingerprint density at radius 3 is 2.48 bits per heavy atom. The molecule has 0 saturated carbocycles. The fourth-order valence-electron chi connectivity index (χ4n) is 1.55. The van der Waals surface area contributed by atoms with Crippen molar-refractivity contribution in [2.24, 2.45) is 7.05 Å². The number of esters is 1. The first-order valence-electron chi connectivity index (χ1n) is 5.90. The molecule has 7 heteroatoms. The van der Waals surface area contributed by atoms with E-state index in [1.807, 2.05) is 0 Å². The largest absolute Gasteiger partial charge is 0.420 e. The molecule has 0 amide bonds. The molecule has 4 nitrogen and oxygen atoms in total. The molecular formula is C14H11F3N2O2. The summed E-state index contributed by atoms with van der Waals surface area (Å²) in [6, 6.07) is 4.45. The molecule has 0 aliphatic carbocycles. The van der Waals surface area contributed by atoms with Gasteiger partial charge in [0.15, 0.2) is 5.75 Å². The van der Waals surface area contributed by atoms with Gasteiger partial charge >= 0.3 is 12.1 Å². The third-order valence-electron chi connectivity index (χ3n) is 2.55. The highest BCUT2D eigenvalue weighted by atomic mass is 19.4. The Labute approximate surface area is 118 Å². The van der Waals surface area contributed by atoms with Crippen molar-refractivity contribution in [2.45, 2.75) is 6.18 Å². The van der Waals surface area contributed by atoms with E-state index in [9.17, 15) is 18.0 Å². The van der Waals surface area contributed by atoms with Crippen LogP contribution in [0.4, 0.5) is 13.2 Å². The maximum atomic E-state index is 12.4. The molecule has 1 heterocycles. The van der Waals surface area contributed by atoms with Crippen LogP contribution >= 0.6 is 0 Å². The van der Waals surface area contributed by atoms with Crippen molar-refractivity contribution in [3.05, 3.63) is 53.9 Å². The molecule has 2 aromatic rings. The molecule has 0 radical (unpaired) electrons. The zero-order valence-corrected chi connectivity index (χ0v) is 11.0. The molecular weight excluding hydrogens is 285 g/mol. The summed E-state index contributed by atoms with van der Waals surface area (Å²) in [7, 11) is 1.68. The van der Waals surface area contributed by atoms with Crippen molar-refractivity contribution in [1.29, 1.82) is 0 Å². The van der Waals surface area contributed by atoms with Crippen LogP contribution in [0.1, 0.15) is 11.1 Å². The fraction of sp³-hybridized carbons (Fsp3) is 0.143. The van der Waals surface area contributed by atoms with Crippen LogP contribution in [0.25, 0.3) is 6.08 Å². The maximum Gasteiger partial charge on any atom is 0.416 e. The summed E-state index contributed by atoms with van der Waals surface area (Å²) in [4.78, 5) is 11.5. The Hall–Kier alpha value is -2.57. The van der Waals surface area contributed by atoms with Crippen LogP contribution in [0.5, 0.6) is 5.75 Å². The Bertz CT molecular complexity index is 658. The highest BCUT2D eigenvalue weighted by molar-refractivity contribution is 5.88. The van der Waals surface area contributed by atoms with Gasteiger partial charge in [-0.2, -0.15) is 18.3 Å². The zero-order valence-electron chi connectivity index (χ0n) is 11.0. The van der Waals surface area contributed by atoms with E-state index in [0.29, 0.717) is 11.3 Å². The molecule has 0 atom stereocenters. The Balaban J connectivity index is 1.99. The molecule has 0 saturated heterocycles. The van der Waals surface area contributed by atoms with Gasteiger partial charge in [-0.3, -0.25) is 4.68 Å². The van der Waals surface area contributed by atoms with E-state index in [1.54, 1.807) is 7.05 Å². The minimum absolute atomic E-state index is 0.291. The van der Waals surface area contributed by atoms with E-state index in [-0.39, 0.29) is 0 Å². The second-order valence-corrected chi connectivity index (χ2v) is 4.22. The molecule has 21 heavy (non-hydrogen) atoms. The van der Waals surface area contributed by atoms with Crippen LogP contribution in [0.3, 0.4) is 0 Å². The summed E-state index contributed by atoms with van der Waals surface area (Å²) in [5.41, 5.74) is -0.274. The second-order valence-electron chi connectivity index (χ2n) is 4.22. The van der Waals surface area contributed by atoms with Crippen molar-refractivity contribution in [3.63, 3.8) is 0 Å². The number of carbonyl (C=O) groups excluding carboxylic acids is 1. The lowest BCUT2D eigenvalue weighted by Crippen LogP contribution is -2.04. The van der Waals surface area contributed by atoms with Crippen molar-refractivity contribution in [1.82, 2.24) is 9.78 Å². The lowest BCUT2D eigenvalue weighted by Gasteiger charge is -2.05. The van der Waals surface area contributed by atoms with E-state index in [0.717, 1.165) is 18.2 Å². The number of ether oxygens (including phenoxy) is 1. The van der Waals surface area contributed by atoms with Crippen molar-refractivity contribution < 1.29 is 22.7 Å². The highest BCUT2D eigenvalue weighted by Crippen LogP contribution is 2.29. The number of alkyl halides is 3. The normalized spacial score (nSPS) is 11.8. The minimum atomic E-state index is -4.37. The van der Waals surface area contributed by atoms with Crippen LogP contribution in [0.15, 0.2) is 42.7 Å². The average Bonchev–Trinajstić information content (AvgIpc) is 2.81. The molecule has 0 N–H and O–H groups in total. The van der Waals surface area contributed by atoms with Gasteiger partial charge in [0, 0.05) is 13.1 Å². The van der Waals surface area contributed by atoms with E-state index >= 15 is 0 Å². The van der Waals surface area contributed by atoms with Crippen molar-refractivity contribution >= 4 is 12.0 Å². The fourth-order valence-corrected chi connectivity index (χ4v) is 1.55. The zero-order chi connectivity index (χ0) is 15.5. The number of hydrogen-bond donors (Lipinski definition) is 0. The third-order valence-corrected chi connectivity index (χ3v) is 2.55. The smallest absolute Gasteiger partial charge is 0.416 e. The number of rotatable bonds is 3. The van der Waals surface area contributed by atoms with Gasteiger partial charge in [0.2, 0.25) is 0 Å². The topological polar surface area (TPSA) is 44.1 Å². The van der Waals surface area contributed by atoms with Crippen molar-refractivity contribution in [3.8, 4) is 5.75 Å². The van der Waals surface area contributed by atoms with E-state index in [2.05, 4.69) is 5.10 Å². The van der Waals surface area contributed by atoms with Crippen LogP contribution in [-0.2, 0) is 18.0 Å². The molecule has 0 fully saturated rings. The first-order chi connectivity index (χ1) is 9.84. The Kier molecular flexibility index (Phi) is 4.11. The van der Waals surface area contributed by atoms with Crippen LogP contribution in [-0.4, -0.2) is 15.7 Å². The SMILES string of the molecule is Cn1cc(OC(=O)C=Cc2ccc(C(F)(F)F)cc2)cn1. The first kappa shape index (κ1) is 14.8. The van der Waals surface area contributed by atoms with Gasteiger partial charge in [0.1, 0.15) is 0 Å². The number of benzene rings is 1. The summed E-state index contributed by atoms with van der Waals surface area (Å²) in [5.74, 6) is -0.345. The summed E-state index contributed by atoms with van der Waals surface area (Å²) in [6.07, 6.45) is 1.03. The lowest BCUT2D eigenvalue weighted by atomic mass is 10.1. The molecule has 0 aliphatic heterocycles. The first-order valence-corrected chi connectivity index (χ1v) is 5.90. The maximum absolute atomic E-state index is 12.4. The van der Waals surface area contributed by atoms with Crippen LogP contribution < -0.4 is 4.74 Å². The van der Waals surface area contributed by atoms with Gasteiger partial charge in [-0.15, -0.1) is 0 Å². The second kappa shape index (κ2) is 5.82. The predicted octanol–water partition coefficient (Wildman–Crippen LogP) is 3.06. The van der Waals surface area contributed by atoms with Gasteiger partial charge in [0.25, 0.3) is 0 Å². The predicted molar refractivity (Wildman–Crippen MR) is 69.3 cm³/mol. The number of aromatic nitrogens is 2. The van der Waals surface area contributed by atoms with Crippen LogP contribution in [0.2, 0.25) is 0 Å². The Morgan fingerprint density at radius 1 is 1.29 bits per heavy atom. The van der Waals surface area contributed by atoms with Gasteiger partial charge in [-0.25, -0.2) is 4.79 Å².